The van der Waals surface area contributed by atoms with Crippen LogP contribution in [0.25, 0.3) is 0 Å². The van der Waals surface area contributed by atoms with Gasteiger partial charge in [0.2, 0.25) is 5.88 Å². The predicted molar refractivity (Wildman–Crippen MR) is 51.2 cm³/mol. The maximum Gasteiger partial charge on any atom is 0.218 e. The van der Waals surface area contributed by atoms with Gasteiger partial charge in [-0.05, 0) is 28.7 Å². The zero-order valence-corrected chi connectivity index (χ0v) is 8.37. The van der Waals surface area contributed by atoms with Crippen LogP contribution in [0.5, 0.6) is 5.88 Å². The van der Waals surface area contributed by atoms with Crippen molar-refractivity contribution in [3.05, 3.63) is 21.4 Å². The number of Topliss-reactive ketones (excluding diaryl/α,β-unsaturated/α-hetero) is 1. The van der Waals surface area contributed by atoms with E-state index < -0.39 is 0 Å². The van der Waals surface area contributed by atoms with Crippen LogP contribution in [0.15, 0.2) is 12.1 Å². The Kier molecular flexibility index (Phi) is 2.00. The molecule has 0 fully saturated rings. The van der Waals surface area contributed by atoms with E-state index in [9.17, 15) is 4.79 Å². The first-order chi connectivity index (χ1) is 5.75. The van der Waals surface area contributed by atoms with Gasteiger partial charge in [-0.1, -0.05) is 6.07 Å². The number of hydrogen-bond acceptors (Lipinski definition) is 3. The molecular formula is C8H6INO2. The lowest BCUT2D eigenvalue weighted by Gasteiger charge is -2.14. The van der Waals surface area contributed by atoms with E-state index in [1.165, 1.54) is 0 Å². The van der Waals surface area contributed by atoms with Gasteiger partial charge in [-0.25, -0.2) is 4.98 Å². The van der Waals surface area contributed by atoms with E-state index in [0.717, 1.165) is 9.26 Å². The molecule has 0 bridgehead atoms. The lowest BCUT2D eigenvalue weighted by atomic mass is 10.1. The molecule has 1 aliphatic rings. The van der Waals surface area contributed by atoms with Crippen molar-refractivity contribution in [2.24, 2.45) is 0 Å². The highest BCUT2D eigenvalue weighted by Crippen LogP contribution is 2.21. The molecule has 1 aromatic heterocycles. The number of halogens is 1. The Labute approximate surface area is 83.3 Å². The molecule has 0 spiro atoms. The summed E-state index contributed by atoms with van der Waals surface area (Å²) in [5.74, 6) is 0.729. The first kappa shape index (κ1) is 7.97. The summed E-state index contributed by atoms with van der Waals surface area (Å²) in [7, 11) is 0. The third-order valence-corrected chi connectivity index (χ3v) is 2.26. The fourth-order valence-corrected chi connectivity index (χ4v) is 1.52. The van der Waals surface area contributed by atoms with Gasteiger partial charge in [0, 0.05) is 12.0 Å². The Morgan fingerprint density at radius 1 is 1.50 bits per heavy atom. The van der Waals surface area contributed by atoms with Crippen molar-refractivity contribution in [1.82, 2.24) is 4.98 Å². The van der Waals surface area contributed by atoms with E-state index in [0.29, 0.717) is 12.3 Å². The van der Waals surface area contributed by atoms with Gasteiger partial charge in [-0.2, -0.15) is 0 Å². The van der Waals surface area contributed by atoms with Crippen LogP contribution < -0.4 is 4.74 Å². The Morgan fingerprint density at radius 3 is 3.17 bits per heavy atom. The first-order valence-electron chi connectivity index (χ1n) is 3.55. The van der Waals surface area contributed by atoms with Crippen LogP contribution in [0.1, 0.15) is 5.56 Å². The maximum atomic E-state index is 11.0. The quantitative estimate of drug-likeness (QED) is 0.527. The highest BCUT2D eigenvalue weighted by atomic mass is 127. The summed E-state index contributed by atoms with van der Waals surface area (Å²) in [5.41, 5.74) is 0.895. The fourth-order valence-electron chi connectivity index (χ4n) is 1.12. The van der Waals surface area contributed by atoms with Crippen LogP contribution in [0.2, 0.25) is 0 Å². The Balaban J connectivity index is 2.43. The number of ketones is 1. The number of ether oxygens (including phenoxy) is 1. The van der Waals surface area contributed by atoms with Crippen LogP contribution in [0.4, 0.5) is 0 Å². The van der Waals surface area contributed by atoms with Gasteiger partial charge in [0.15, 0.2) is 5.78 Å². The van der Waals surface area contributed by atoms with Gasteiger partial charge in [-0.3, -0.25) is 4.79 Å². The minimum absolute atomic E-state index is 0.116. The van der Waals surface area contributed by atoms with E-state index >= 15 is 0 Å². The largest absolute Gasteiger partial charge is 0.469 e. The molecule has 1 aliphatic heterocycles. The molecule has 0 aliphatic carbocycles. The molecule has 62 valence electrons. The van der Waals surface area contributed by atoms with Crippen molar-refractivity contribution in [2.45, 2.75) is 6.42 Å². The summed E-state index contributed by atoms with van der Waals surface area (Å²) < 4.78 is 6.04. The molecule has 4 heteroatoms. The minimum Gasteiger partial charge on any atom is -0.469 e. The molecule has 2 rings (SSSR count). The summed E-state index contributed by atoms with van der Waals surface area (Å²) in [6, 6.07) is 3.77. The van der Waals surface area contributed by atoms with Gasteiger partial charge >= 0.3 is 0 Å². The summed E-state index contributed by atoms with van der Waals surface area (Å²) >= 11 is 2.12. The summed E-state index contributed by atoms with van der Waals surface area (Å²) in [5, 5.41) is 0. The summed E-state index contributed by atoms with van der Waals surface area (Å²) in [4.78, 5) is 15.1. The molecule has 0 saturated heterocycles. The Hall–Kier alpha value is -0.650. The molecular weight excluding hydrogens is 269 g/mol. The van der Waals surface area contributed by atoms with Gasteiger partial charge in [0.25, 0.3) is 0 Å². The standard InChI is InChI=1S/C8H6INO2/c9-7-2-1-5-3-6(11)4-12-8(5)10-7/h1-2H,3-4H2. The van der Waals surface area contributed by atoms with E-state index in [-0.39, 0.29) is 12.4 Å². The summed E-state index contributed by atoms with van der Waals surface area (Å²) in [6.45, 7) is 0.167. The second-order valence-corrected chi connectivity index (χ2v) is 3.71. The van der Waals surface area contributed by atoms with Crippen molar-refractivity contribution in [1.29, 1.82) is 0 Å². The Bertz CT molecular complexity index is 338. The molecule has 0 radical (unpaired) electrons. The third-order valence-electron chi connectivity index (χ3n) is 1.66. The molecule has 0 saturated carbocycles. The number of aromatic nitrogens is 1. The van der Waals surface area contributed by atoms with Crippen LogP contribution in [-0.2, 0) is 11.2 Å². The van der Waals surface area contributed by atoms with E-state index in [1.54, 1.807) is 0 Å². The van der Waals surface area contributed by atoms with Crippen LogP contribution in [0, 0.1) is 3.70 Å². The van der Waals surface area contributed by atoms with Crippen molar-refractivity contribution >= 4 is 28.4 Å². The fraction of sp³-hybridized carbons (Fsp3) is 0.250. The number of fused-ring (bicyclic) bond motifs is 1. The van der Waals surface area contributed by atoms with Crippen molar-refractivity contribution in [3.63, 3.8) is 0 Å². The molecule has 0 aromatic carbocycles. The summed E-state index contributed by atoms with van der Waals surface area (Å²) in [6.07, 6.45) is 0.458. The van der Waals surface area contributed by atoms with E-state index in [2.05, 4.69) is 27.6 Å². The zero-order valence-electron chi connectivity index (χ0n) is 6.21. The van der Waals surface area contributed by atoms with Crippen molar-refractivity contribution < 1.29 is 9.53 Å². The highest BCUT2D eigenvalue weighted by molar-refractivity contribution is 14.1. The van der Waals surface area contributed by atoms with Crippen LogP contribution in [-0.4, -0.2) is 17.4 Å². The minimum atomic E-state index is 0.116. The topological polar surface area (TPSA) is 39.2 Å². The normalized spacial score (nSPS) is 15.2. The van der Waals surface area contributed by atoms with E-state index in [4.69, 9.17) is 4.74 Å². The Morgan fingerprint density at radius 2 is 2.33 bits per heavy atom. The second-order valence-electron chi connectivity index (χ2n) is 2.60. The van der Waals surface area contributed by atoms with Crippen molar-refractivity contribution in [3.8, 4) is 5.88 Å². The SMILES string of the molecule is O=C1COc2nc(I)ccc2C1. The lowest BCUT2D eigenvalue weighted by molar-refractivity contribution is -0.121. The van der Waals surface area contributed by atoms with E-state index in [1.807, 2.05) is 12.1 Å². The van der Waals surface area contributed by atoms with Gasteiger partial charge in [-0.15, -0.1) is 0 Å². The average Bonchev–Trinajstić information content (AvgIpc) is 2.05. The molecule has 2 heterocycles. The molecule has 0 unspecified atom stereocenters. The molecule has 3 nitrogen and oxygen atoms in total. The van der Waals surface area contributed by atoms with Crippen LogP contribution >= 0.6 is 22.6 Å². The van der Waals surface area contributed by atoms with Crippen LogP contribution in [0.3, 0.4) is 0 Å². The maximum absolute atomic E-state index is 11.0. The first-order valence-corrected chi connectivity index (χ1v) is 4.63. The molecule has 12 heavy (non-hydrogen) atoms. The number of carbonyl (C=O) groups excluding carboxylic acids is 1. The lowest BCUT2D eigenvalue weighted by Crippen LogP contribution is -2.21. The number of pyridine rings is 1. The highest BCUT2D eigenvalue weighted by Gasteiger charge is 2.17. The molecule has 0 atom stereocenters. The number of nitrogens with zero attached hydrogens (tertiary/aromatic N) is 1. The predicted octanol–water partition coefficient (Wildman–Crippen LogP) is 1.19. The monoisotopic (exact) mass is 275 g/mol. The third kappa shape index (κ3) is 1.43. The molecule has 0 amide bonds. The number of rotatable bonds is 0. The van der Waals surface area contributed by atoms with Crippen molar-refractivity contribution in [2.75, 3.05) is 6.61 Å². The average molecular weight is 275 g/mol. The second kappa shape index (κ2) is 3.01. The zero-order chi connectivity index (χ0) is 8.55. The number of hydrogen-bond donors (Lipinski definition) is 0. The van der Waals surface area contributed by atoms with Gasteiger partial charge in [0.05, 0.1) is 0 Å². The smallest absolute Gasteiger partial charge is 0.218 e. The van der Waals surface area contributed by atoms with Gasteiger partial charge in [0.1, 0.15) is 10.3 Å². The molecule has 1 aromatic rings. The molecule has 0 N–H and O–H groups in total. The number of carbonyl (C=O) groups is 1. The van der Waals surface area contributed by atoms with Gasteiger partial charge < -0.3 is 4.74 Å².